The van der Waals surface area contributed by atoms with Gasteiger partial charge in [-0.1, -0.05) is 31.8 Å². The molecule has 1 aromatic heterocycles. The number of benzene rings is 2. The maximum Gasteiger partial charge on any atom is 0.290 e. The van der Waals surface area contributed by atoms with Gasteiger partial charge >= 0.3 is 0 Å². The molecule has 0 bridgehead atoms. The normalized spacial score (nSPS) is 13.2. The molecule has 9 nitrogen and oxygen atoms in total. The molecule has 0 saturated heterocycles. The van der Waals surface area contributed by atoms with Gasteiger partial charge in [0.05, 0.1) is 29.5 Å². The van der Waals surface area contributed by atoms with E-state index in [0.717, 1.165) is 11.3 Å². The third kappa shape index (κ3) is 5.58. The molecule has 174 valence electrons. The van der Waals surface area contributed by atoms with Crippen LogP contribution < -0.4 is 17.2 Å². The molecule has 3 aromatic rings. The summed E-state index contributed by atoms with van der Waals surface area (Å²) in [6.45, 7) is 0. The second-order valence-electron chi connectivity index (χ2n) is 6.45. The van der Waals surface area contributed by atoms with Crippen molar-refractivity contribution < 1.29 is 12.6 Å². The van der Waals surface area contributed by atoms with Gasteiger partial charge in [0.15, 0.2) is 5.96 Å². The fourth-order valence-corrected chi connectivity index (χ4v) is 9.85. The second kappa shape index (κ2) is 9.85. The summed E-state index contributed by atoms with van der Waals surface area (Å²) in [5, 5.41) is 7.75. The van der Waals surface area contributed by atoms with Gasteiger partial charge in [-0.15, -0.1) is 23.1 Å². The van der Waals surface area contributed by atoms with E-state index in [9.17, 15) is 12.6 Å². The zero-order valence-corrected chi connectivity index (χ0v) is 21.9. The Balaban J connectivity index is 2.35. The van der Waals surface area contributed by atoms with Crippen molar-refractivity contribution in [2.75, 3.05) is 6.26 Å². The fourth-order valence-electron chi connectivity index (χ4n) is 2.72. The molecule has 0 radical (unpaired) electrons. The van der Waals surface area contributed by atoms with Crippen molar-refractivity contribution in [2.45, 2.75) is 18.9 Å². The van der Waals surface area contributed by atoms with Gasteiger partial charge in [0.25, 0.3) is 10.0 Å². The quantitative estimate of drug-likeness (QED) is 0.185. The highest BCUT2D eigenvalue weighted by Gasteiger charge is 2.28. The van der Waals surface area contributed by atoms with E-state index in [-0.39, 0.29) is 32.2 Å². The minimum Gasteiger partial charge on any atom is -0.383 e. The molecule has 2 aromatic carbocycles. The van der Waals surface area contributed by atoms with Crippen LogP contribution in [0.15, 0.2) is 86.7 Å². The lowest BCUT2D eigenvalue weighted by Crippen LogP contribution is -2.21. The molecule has 1 unspecified atom stereocenters. The number of nitrogens with one attached hydrogen (secondary N) is 1. The van der Waals surface area contributed by atoms with Crippen molar-refractivity contribution in [3.05, 3.63) is 63.9 Å². The van der Waals surface area contributed by atoms with Gasteiger partial charge in [0.1, 0.15) is 15.6 Å². The Hall–Kier alpha value is -2.39. The number of thioether (sulfide) groups is 1. The van der Waals surface area contributed by atoms with Crippen LogP contribution in [-0.2, 0) is 19.8 Å². The summed E-state index contributed by atoms with van der Waals surface area (Å²) in [5.74, 6) is -0.454. The molecule has 0 saturated carbocycles. The van der Waals surface area contributed by atoms with E-state index in [1.165, 1.54) is 48.2 Å². The molecule has 0 aliphatic rings. The fraction of sp³-hybridized carbons (Fsp3) is 0.0526. The Morgan fingerprint density at radius 1 is 1.03 bits per heavy atom. The summed E-state index contributed by atoms with van der Waals surface area (Å²) in [7, 11) is -8.13. The van der Waals surface area contributed by atoms with Gasteiger partial charge in [0.2, 0.25) is 0 Å². The Kier molecular flexibility index (Phi) is 7.53. The molecule has 1 heterocycles. The van der Waals surface area contributed by atoms with Crippen LogP contribution in [-0.4, -0.2) is 30.7 Å². The third-order valence-corrected chi connectivity index (χ3v) is 11.4. The van der Waals surface area contributed by atoms with E-state index in [4.69, 9.17) is 22.6 Å². The molecule has 0 aliphatic carbocycles. The van der Waals surface area contributed by atoms with Crippen molar-refractivity contribution >= 4 is 76.3 Å². The zero-order chi connectivity index (χ0) is 24.4. The number of sulfonamides is 1. The van der Waals surface area contributed by atoms with Crippen molar-refractivity contribution in [1.82, 2.24) is 0 Å². The average molecular weight is 588 g/mol. The highest BCUT2D eigenvalue weighted by Crippen LogP contribution is 2.39. The topological polar surface area (TPSA) is 178 Å². The summed E-state index contributed by atoms with van der Waals surface area (Å²) in [6.07, 6.45) is 1.76. The van der Waals surface area contributed by atoms with Crippen LogP contribution >= 0.6 is 39.0 Å². The van der Waals surface area contributed by atoms with Gasteiger partial charge in [-0.2, -0.15) is 8.42 Å². The lowest BCUT2D eigenvalue weighted by atomic mass is 10.3. The zero-order valence-electron chi connectivity index (χ0n) is 17.1. The van der Waals surface area contributed by atoms with Crippen LogP contribution in [0.25, 0.3) is 0 Å². The van der Waals surface area contributed by atoms with Crippen LogP contribution in [0.2, 0.25) is 0 Å². The number of guanidine groups is 1. The predicted molar refractivity (Wildman–Crippen MR) is 137 cm³/mol. The first-order valence-electron chi connectivity index (χ1n) is 8.97. The van der Waals surface area contributed by atoms with E-state index in [1.807, 2.05) is 0 Å². The van der Waals surface area contributed by atoms with Crippen molar-refractivity contribution in [2.24, 2.45) is 26.0 Å². The number of rotatable bonds is 7. The van der Waals surface area contributed by atoms with E-state index in [0.29, 0.717) is 13.6 Å². The van der Waals surface area contributed by atoms with Crippen LogP contribution in [0.3, 0.4) is 0 Å². The van der Waals surface area contributed by atoms with Crippen LogP contribution in [0.4, 0.5) is 5.69 Å². The number of nitrogens with zero attached hydrogens (tertiary/aromatic N) is 2. The van der Waals surface area contributed by atoms with E-state index in [2.05, 4.69) is 24.7 Å². The number of hydrogen-bond donors (Lipinski definition) is 4. The summed E-state index contributed by atoms with van der Waals surface area (Å²) >= 11 is 5.75. The molecule has 33 heavy (non-hydrogen) atoms. The minimum atomic E-state index is -4.43. The predicted octanol–water partition coefficient (Wildman–Crippen LogP) is 3.70. The first-order valence-corrected chi connectivity index (χ1v) is 14.8. The van der Waals surface area contributed by atoms with E-state index >= 15 is 0 Å². The van der Waals surface area contributed by atoms with Gasteiger partial charge in [-0.3, -0.25) is 5.41 Å². The number of halogens is 1. The Morgan fingerprint density at radius 2 is 1.70 bits per heavy atom. The lowest BCUT2D eigenvalue weighted by molar-refractivity contribution is 0.598. The Morgan fingerprint density at radius 3 is 2.30 bits per heavy atom. The monoisotopic (exact) mass is 586 g/mol. The number of hydrogen-bond acceptors (Lipinski definition) is 7. The summed E-state index contributed by atoms with van der Waals surface area (Å²) in [5.41, 5.74) is 16.6. The standard InChI is InChI=1S/C19H19BrN6O3S4/c1-30-18-16(10-15(31-18)17(21)22)32(27,13-6-2-4-11(20)8-13)26-33(28,29)14-7-3-5-12(9-14)25-19(23)24/h2-10H,1H3,(H3,21,22)(H4,23,24,25). The largest absolute Gasteiger partial charge is 0.383 e. The lowest BCUT2D eigenvalue weighted by Gasteiger charge is -2.12. The summed E-state index contributed by atoms with van der Waals surface area (Å²) < 4.78 is 46.2. The molecule has 3 rings (SSSR count). The number of amidine groups is 1. The van der Waals surface area contributed by atoms with Crippen LogP contribution in [0.1, 0.15) is 4.88 Å². The minimum absolute atomic E-state index is 0.173. The van der Waals surface area contributed by atoms with Gasteiger partial charge in [0, 0.05) is 4.47 Å². The number of nitrogen functional groups attached to an aromatic ring is 1. The smallest absolute Gasteiger partial charge is 0.290 e. The first-order chi connectivity index (χ1) is 15.5. The average Bonchev–Trinajstić information content (AvgIpc) is 3.19. The van der Waals surface area contributed by atoms with Gasteiger partial charge < -0.3 is 17.2 Å². The Bertz CT molecular complexity index is 1490. The molecule has 1 atom stereocenters. The number of thiophene rings is 1. The van der Waals surface area contributed by atoms with Crippen molar-refractivity contribution in [3.8, 4) is 0 Å². The van der Waals surface area contributed by atoms with Crippen LogP contribution in [0, 0.1) is 5.41 Å². The second-order valence-corrected chi connectivity index (χ2v) is 13.5. The number of nitrogens with two attached hydrogens (primary N) is 3. The molecule has 0 spiro atoms. The number of aliphatic imine (C=N–C) groups is 1. The summed E-state index contributed by atoms with van der Waals surface area (Å²) in [6, 6.07) is 13.4. The molecule has 0 aliphatic heterocycles. The first kappa shape index (κ1) is 25.2. The van der Waals surface area contributed by atoms with E-state index in [1.54, 1.807) is 24.5 Å². The van der Waals surface area contributed by atoms with Crippen molar-refractivity contribution in [1.29, 1.82) is 5.41 Å². The maximum absolute atomic E-state index is 14.5. The molecule has 14 heteroatoms. The SMILES string of the molecule is CSc1sc(C(=N)N)cc1S(=O)(=NS(=O)(=O)c1cccc(N=C(N)N)c1)c1cccc(Br)c1. The molecule has 7 N–H and O–H groups in total. The van der Waals surface area contributed by atoms with E-state index < -0.39 is 19.8 Å². The highest BCUT2D eigenvalue weighted by molar-refractivity contribution is 9.10. The highest BCUT2D eigenvalue weighted by atomic mass is 79.9. The van der Waals surface area contributed by atoms with Crippen LogP contribution in [0.5, 0.6) is 0 Å². The van der Waals surface area contributed by atoms with Gasteiger partial charge in [-0.25, -0.2) is 9.20 Å². The summed E-state index contributed by atoms with van der Waals surface area (Å²) in [4.78, 5) is 4.35. The third-order valence-electron chi connectivity index (χ3n) is 4.11. The molecular formula is C19H19BrN6O3S4. The molecule has 0 fully saturated rings. The Labute approximate surface area is 208 Å². The molecule has 0 amide bonds. The van der Waals surface area contributed by atoms with Gasteiger partial charge in [-0.05, 0) is 48.7 Å². The maximum atomic E-state index is 14.5. The molecular weight excluding hydrogens is 568 g/mol. The van der Waals surface area contributed by atoms with Crippen molar-refractivity contribution in [3.63, 3.8) is 0 Å².